The Morgan fingerprint density at radius 2 is 2.35 bits per heavy atom. The van der Waals surface area contributed by atoms with Gasteiger partial charge in [0.25, 0.3) is 5.89 Å². The third-order valence-electron chi connectivity index (χ3n) is 2.03. The van der Waals surface area contributed by atoms with Gasteiger partial charge in [-0.2, -0.15) is 0 Å². The van der Waals surface area contributed by atoms with Gasteiger partial charge in [0.15, 0.2) is 0 Å². The van der Waals surface area contributed by atoms with Crippen molar-refractivity contribution in [1.82, 2.24) is 10.2 Å². The maximum Gasteiger partial charge on any atom is 0.328 e. The highest BCUT2D eigenvalue weighted by molar-refractivity contribution is 7.15. The molecule has 0 aliphatic rings. The van der Waals surface area contributed by atoms with E-state index in [1.807, 2.05) is 12.1 Å². The number of carboxylic acid groups (broad SMARTS) is 1. The van der Waals surface area contributed by atoms with Gasteiger partial charge in [0.2, 0.25) is 5.89 Å². The molecule has 0 aliphatic carbocycles. The van der Waals surface area contributed by atoms with E-state index in [0.717, 1.165) is 17.4 Å². The maximum atomic E-state index is 10.3. The Bertz CT molecular complexity index is 557. The minimum atomic E-state index is -1.05. The first-order chi connectivity index (χ1) is 8.19. The second-order valence-corrected chi connectivity index (χ2v) is 4.40. The van der Waals surface area contributed by atoms with Gasteiger partial charge in [0.1, 0.15) is 0 Å². The standard InChI is InChI=1S/C11H10N2O3S/c1-2-7-3-4-8(17-7)11-13-12-9(16-11)5-6-10(14)15/h3-6H,2H2,1H3,(H,14,15)/b6-5+. The van der Waals surface area contributed by atoms with Gasteiger partial charge in [0, 0.05) is 17.0 Å². The van der Waals surface area contributed by atoms with Crippen LogP contribution in [-0.2, 0) is 11.2 Å². The molecular weight excluding hydrogens is 240 g/mol. The number of aromatic nitrogens is 2. The summed E-state index contributed by atoms with van der Waals surface area (Å²) in [5, 5.41) is 16.1. The average molecular weight is 250 g/mol. The molecule has 5 nitrogen and oxygen atoms in total. The summed E-state index contributed by atoms with van der Waals surface area (Å²) in [5.41, 5.74) is 0. The second-order valence-electron chi connectivity index (χ2n) is 3.24. The quantitative estimate of drug-likeness (QED) is 0.843. The van der Waals surface area contributed by atoms with E-state index in [1.165, 1.54) is 11.0 Å². The van der Waals surface area contributed by atoms with Crippen LogP contribution < -0.4 is 0 Å². The highest BCUT2D eigenvalue weighted by Gasteiger charge is 2.09. The number of rotatable bonds is 4. The van der Waals surface area contributed by atoms with Gasteiger partial charge in [-0.1, -0.05) is 6.92 Å². The largest absolute Gasteiger partial charge is 0.478 e. The minimum absolute atomic E-state index is 0.189. The predicted octanol–water partition coefficient (Wildman–Crippen LogP) is 2.46. The number of carbonyl (C=O) groups is 1. The molecule has 17 heavy (non-hydrogen) atoms. The van der Waals surface area contributed by atoms with E-state index in [1.54, 1.807) is 11.3 Å². The van der Waals surface area contributed by atoms with Crippen molar-refractivity contribution in [3.05, 3.63) is 29.0 Å². The van der Waals surface area contributed by atoms with Crippen LogP contribution in [0.4, 0.5) is 0 Å². The van der Waals surface area contributed by atoms with Crippen LogP contribution in [0, 0.1) is 0 Å². The van der Waals surface area contributed by atoms with Gasteiger partial charge in [-0.05, 0) is 18.6 Å². The summed E-state index contributed by atoms with van der Waals surface area (Å²) >= 11 is 1.59. The maximum absolute atomic E-state index is 10.3. The van der Waals surface area contributed by atoms with E-state index in [2.05, 4.69) is 17.1 Å². The van der Waals surface area contributed by atoms with E-state index >= 15 is 0 Å². The molecule has 2 aromatic rings. The number of thiophene rings is 1. The van der Waals surface area contributed by atoms with Crippen molar-refractivity contribution in [3.8, 4) is 10.8 Å². The van der Waals surface area contributed by atoms with Crippen LogP contribution in [0.2, 0.25) is 0 Å². The van der Waals surface area contributed by atoms with Crippen molar-refractivity contribution in [2.75, 3.05) is 0 Å². The summed E-state index contributed by atoms with van der Waals surface area (Å²) in [6.45, 7) is 2.07. The Labute approximate surface area is 101 Å². The molecule has 0 amide bonds. The summed E-state index contributed by atoms with van der Waals surface area (Å²) < 4.78 is 5.32. The smallest absolute Gasteiger partial charge is 0.328 e. The first-order valence-corrected chi connectivity index (χ1v) is 5.84. The number of hydrogen-bond donors (Lipinski definition) is 1. The molecule has 1 N–H and O–H groups in total. The molecule has 0 bridgehead atoms. The zero-order chi connectivity index (χ0) is 12.3. The third-order valence-corrected chi connectivity index (χ3v) is 3.25. The molecule has 0 spiro atoms. The van der Waals surface area contributed by atoms with Crippen LogP contribution in [0.15, 0.2) is 22.6 Å². The Morgan fingerprint density at radius 1 is 1.53 bits per heavy atom. The van der Waals surface area contributed by atoms with Crippen LogP contribution in [0.5, 0.6) is 0 Å². The van der Waals surface area contributed by atoms with E-state index < -0.39 is 5.97 Å². The van der Waals surface area contributed by atoms with Crippen molar-refractivity contribution in [2.24, 2.45) is 0 Å². The van der Waals surface area contributed by atoms with E-state index in [9.17, 15) is 4.79 Å². The fourth-order valence-electron chi connectivity index (χ4n) is 1.23. The van der Waals surface area contributed by atoms with Gasteiger partial charge in [-0.25, -0.2) is 4.79 Å². The van der Waals surface area contributed by atoms with E-state index in [0.29, 0.717) is 5.89 Å². The number of aliphatic carboxylic acids is 1. The lowest BCUT2D eigenvalue weighted by Crippen LogP contribution is -1.85. The second kappa shape index (κ2) is 4.92. The number of aryl methyl sites for hydroxylation is 1. The first kappa shape index (κ1) is 11.5. The van der Waals surface area contributed by atoms with Crippen molar-refractivity contribution >= 4 is 23.4 Å². The van der Waals surface area contributed by atoms with E-state index in [4.69, 9.17) is 9.52 Å². The predicted molar refractivity (Wildman–Crippen MR) is 63.7 cm³/mol. The molecule has 2 aromatic heterocycles. The van der Waals surface area contributed by atoms with Crippen molar-refractivity contribution in [1.29, 1.82) is 0 Å². The van der Waals surface area contributed by atoms with Gasteiger partial charge < -0.3 is 9.52 Å². The monoisotopic (exact) mass is 250 g/mol. The van der Waals surface area contributed by atoms with Gasteiger partial charge in [-0.15, -0.1) is 21.5 Å². The highest BCUT2D eigenvalue weighted by Crippen LogP contribution is 2.27. The van der Waals surface area contributed by atoms with Crippen LogP contribution in [0.25, 0.3) is 16.8 Å². The summed E-state index contributed by atoms with van der Waals surface area (Å²) in [6.07, 6.45) is 3.20. The molecule has 0 aliphatic heterocycles. The topological polar surface area (TPSA) is 76.2 Å². The number of nitrogens with zero attached hydrogens (tertiary/aromatic N) is 2. The molecule has 0 radical (unpaired) electrons. The Hall–Kier alpha value is -1.95. The summed E-state index contributed by atoms with van der Waals surface area (Å²) in [5.74, 6) is -0.442. The number of carboxylic acids is 1. The SMILES string of the molecule is CCc1ccc(-c2nnc(/C=C/C(=O)O)o2)s1. The molecular formula is C11H10N2O3S. The van der Waals surface area contributed by atoms with Gasteiger partial charge in [0.05, 0.1) is 4.88 Å². The zero-order valence-corrected chi connectivity index (χ0v) is 9.90. The normalized spacial score (nSPS) is 11.1. The Morgan fingerprint density at radius 3 is 3.00 bits per heavy atom. The zero-order valence-electron chi connectivity index (χ0n) is 9.08. The van der Waals surface area contributed by atoms with Crippen molar-refractivity contribution < 1.29 is 14.3 Å². The fourth-order valence-corrected chi connectivity index (χ4v) is 2.10. The summed E-state index contributed by atoms with van der Waals surface area (Å²) in [6, 6.07) is 3.93. The average Bonchev–Trinajstić information content (AvgIpc) is 2.94. The molecule has 6 heteroatoms. The van der Waals surface area contributed by atoms with Crippen LogP contribution in [-0.4, -0.2) is 21.3 Å². The molecule has 0 fully saturated rings. The molecule has 0 unspecified atom stereocenters. The lowest BCUT2D eigenvalue weighted by atomic mass is 10.4. The Balaban J connectivity index is 2.20. The molecule has 0 saturated heterocycles. The van der Waals surface area contributed by atoms with E-state index in [-0.39, 0.29) is 5.89 Å². The number of hydrogen-bond acceptors (Lipinski definition) is 5. The molecule has 88 valence electrons. The van der Waals surface area contributed by atoms with Crippen LogP contribution >= 0.6 is 11.3 Å². The molecule has 0 saturated carbocycles. The Kier molecular flexibility index (Phi) is 3.34. The minimum Gasteiger partial charge on any atom is -0.478 e. The fraction of sp³-hybridized carbons (Fsp3) is 0.182. The third kappa shape index (κ3) is 2.79. The van der Waals surface area contributed by atoms with Crippen molar-refractivity contribution in [3.63, 3.8) is 0 Å². The summed E-state index contributed by atoms with van der Waals surface area (Å²) in [4.78, 5) is 12.4. The van der Waals surface area contributed by atoms with Crippen LogP contribution in [0.3, 0.4) is 0 Å². The first-order valence-electron chi connectivity index (χ1n) is 5.02. The molecule has 0 atom stereocenters. The van der Waals surface area contributed by atoms with Crippen LogP contribution in [0.1, 0.15) is 17.7 Å². The van der Waals surface area contributed by atoms with Crippen molar-refractivity contribution in [2.45, 2.75) is 13.3 Å². The lowest BCUT2D eigenvalue weighted by molar-refractivity contribution is -0.131. The highest BCUT2D eigenvalue weighted by atomic mass is 32.1. The molecule has 2 heterocycles. The molecule has 0 aromatic carbocycles. The van der Waals surface area contributed by atoms with Gasteiger partial charge in [-0.3, -0.25) is 0 Å². The summed E-state index contributed by atoms with van der Waals surface area (Å²) in [7, 11) is 0. The molecule has 2 rings (SSSR count). The van der Waals surface area contributed by atoms with Gasteiger partial charge >= 0.3 is 5.97 Å². The lowest BCUT2D eigenvalue weighted by Gasteiger charge is -1.86.